The van der Waals surface area contributed by atoms with Gasteiger partial charge in [0.25, 0.3) is 0 Å². The highest BCUT2D eigenvalue weighted by Crippen LogP contribution is 2.09. The summed E-state index contributed by atoms with van der Waals surface area (Å²) in [5, 5.41) is 10.5. The molecule has 0 bridgehead atoms. The zero-order valence-electron chi connectivity index (χ0n) is 6.93. The summed E-state index contributed by atoms with van der Waals surface area (Å²) in [6, 6.07) is 0. The van der Waals surface area contributed by atoms with Gasteiger partial charge in [0.2, 0.25) is 10.0 Å². The molecule has 1 aromatic heterocycles. The van der Waals surface area contributed by atoms with Crippen LogP contribution in [0.25, 0.3) is 0 Å². The molecule has 0 amide bonds. The van der Waals surface area contributed by atoms with Gasteiger partial charge in [-0.15, -0.1) is 11.3 Å². The van der Waals surface area contributed by atoms with Gasteiger partial charge in [0.1, 0.15) is 0 Å². The number of sulfonamides is 1. The highest BCUT2D eigenvalue weighted by molar-refractivity contribution is 7.89. The molecular formula is C6H11N3O2S2. The predicted molar refractivity (Wildman–Crippen MR) is 53.2 cm³/mol. The van der Waals surface area contributed by atoms with E-state index in [1.165, 1.54) is 11.3 Å². The smallest absolute Gasteiger partial charge is 0.209 e. The van der Waals surface area contributed by atoms with E-state index >= 15 is 0 Å². The molecule has 0 fully saturated rings. The van der Waals surface area contributed by atoms with E-state index in [1.54, 1.807) is 6.20 Å². The molecule has 0 radical (unpaired) electrons. The average Bonchev–Trinajstić information content (AvgIpc) is 2.48. The maximum atomic E-state index is 10.5. The van der Waals surface area contributed by atoms with E-state index < -0.39 is 10.0 Å². The molecule has 7 heteroatoms. The number of nitrogens with one attached hydrogen (secondary N) is 1. The second kappa shape index (κ2) is 4.54. The van der Waals surface area contributed by atoms with Crippen LogP contribution in [0, 0.1) is 0 Å². The molecule has 3 N–H and O–H groups in total. The van der Waals surface area contributed by atoms with Crippen molar-refractivity contribution < 1.29 is 8.42 Å². The van der Waals surface area contributed by atoms with Crippen LogP contribution in [-0.4, -0.2) is 25.7 Å². The van der Waals surface area contributed by atoms with Gasteiger partial charge in [0.05, 0.1) is 5.75 Å². The standard InChI is InChI=1S/C6H11N3O2S2/c7-13(10,11)5-1-2-8-6-9-3-4-12-6/h3-4H,1-2,5H2,(H,8,9)(H2,7,10,11). The Bertz CT molecular complexity index is 333. The fraction of sp³-hybridized carbons (Fsp3) is 0.500. The summed E-state index contributed by atoms with van der Waals surface area (Å²) in [6.45, 7) is 0.573. The van der Waals surface area contributed by atoms with Crippen LogP contribution in [0.4, 0.5) is 5.13 Å². The lowest BCUT2D eigenvalue weighted by Crippen LogP contribution is -2.18. The number of thiazole rings is 1. The van der Waals surface area contributed by atoms with Crippen molar-refractivity contribution in [3.63, 3.8) is 0 Å². The number of anilines is 1. The Morgan fingerprint density at radius 1 is 1.62 bits per heavy atom. The van der Waals surface area contributed by atoms with Gasteiger partial charge in [-0.25, -0.2) is 18.5 Å². The molecule has 74 valence electrons. The SMILES string of the molecule is NS(=O)(=O)CCCNc1nccs1. The number of aromatic nitrogens is 1. The molecule has 13 heavy (non-hydrogen) atoms. The monoisotopic (exact) mass is 221 g/mol. The number of primary sulfonamides is 1. The summed E-state index contributed by atoms with van der Waals surface area (Å²) in [6.07, 6.45) is 2.19. The summed E-state index contributed by atoms with van der Waals surface area (Å²) in [5.41, 5.74) is 0. The minimum absolute atomic E-state index is 0.00533. The molecule has 5 nitrogen and oxygen atoms in total. The predicted octanol–water partition coefficient (Wildman–Crippen LogP) is 0.234. The molecule has 0 atom stereocenters. The quantitative estimate of drug-likeness (QED) is 0.697. The molecule has 1 aromatic rings. The fourth-order valence-electron chi connectivity index (χ4n) is 0.779. The molecule has 0 aromatic carbocycles. The zero-order valence-corrected chi connectivity index (χ0v) is 8.57. The number of rotatable bonds is 5. The van der Waals surface area contributed by atoms with Crippen LogP contribution in [0.2, 0.25) is 0 Å². The van der Waals surface area contributed by atoms with E-state index in [9.17, 15) is 8.42 Å². The molecule has 0 spiro atoms. The van der Waals surface area contributed by atoms with Gasteiger partial charge in [-0.05, 0) is 6.42 Å². The molecule has 0 saturated heterocycles. The van der Waals surface area contributed by atoms with E-state index in [2.05, 4.69) is 10.3 Å². The van der Waals surface area contributed by atoms with Gasteiger partial charge in [-0.1, -0.05) is 0 Å². The minimum atomic E-state index is -3.32. The van der Waals surface area contributed by atoms with E-state index in [-0.39, 0.29) is 5.75 Å². The summed E-state index contributed by atoms with van der Waals surface area (Å²) in [5.74, 6) is 0.00533. The number of hydrogen-bond acceptors (Lipinski definition) is 5. The van der Waals surface area contributed by atoms with Crippen LogP contribution in [0.1, 0.15) is 6.42 Å². The van der Waals surface area contributed by atoms with Crippen molar-refractivity contribution in [1.82, 2.24) is 4.98 Å². The first-order valence-electron chi connectivity index (χ1n) is 3.72. The van der Waals surface area contributed by atoms with Crippen LogP contribution in [0.5, 0.6) is 0 Å². The Morgan fingerprint density at radius 2 is 2.38 bits per heavy atom. The second-order valence-corrected chi connectivity index (χ2v) is 5.11. The molecule has 0 aliphatic rings. The van der Waals surface area contributed by atoms with Crippen LogP contribution in [0.3, 0.4) is 0 Å². The third kappa shape index (κ3) is 4.81. The molecule has 0 aliphatic carbocycles. The normalized spacial score (nSPS) is 11.5. The highest BCUT2D eigenvalue weighted by atomic mass is 32.2. The van der Waals surface area contributed by atoms with Crippen LogP contribution in [0.15, 0.2) is 11.6 Å². The van der Waals surface area contributed by atoms with Gasteiger partial charge < -0.3 is 5.32 Å². The van der Waals surface area contributed by atoms with Crippen LogP contribution >= 0.6 is 11.3 Å². The van der Waals surface area contributed by atoms with Gasteiger partial charge in [0.15, 0.2) is 5.13 Å². The molecule has 0 aliphatic heterocycles. The van der Waals surface area contributed by atoms with Crippen molar-refractivity contribution in [1.29, 1.82) is 0 Å². The minimum Gasteiger partial charge on any atom is -0.361 e. The van der Waals surface area contributed by atoms with E-state index in [0.717, 1.165) is 5.13 Å². The van der Waals surface area contributed by atoms with E-state index in [0.29, 0.717) is 13.0 Å². The van der Waals surface area contributed by atoms with Crippen molar-refractivity contribution in [2.24, 2.45) is 5.14 Å². The Balaban J connectivity index is 2.16. The maximum absolute atomic E-state index is 10.5. The summed E-state index contributed by atoms with van der Waals surface area (Å²) in [7, 11) is -3.32. The lowest BCUT2D eigenvalue weighted by molar-refractivity contribution is 0.596. The van der Waals surface area contributed by atoms with Gasteiger partial charge in [-0.3, -0.25) is 0 Å². The molecule has 1 heterocycles. The van der Waals surface area contributed by atoms with Crippen molar-refractivity contribution in [3.8, 4) is 0 Å². The third-order valence-electron chi connectivity index (χ3n) is 1.31. The first-order chi connectivity index (χ1) is 6.08. The van der Waals surface area contributed by atoms with Crippen molar-refractivity contribution in [2.45, 2.75) is 6.42 Å². The number of nitrogens with two attached hydrogens (primary N) is 1. The molecular weight excluding hydrogens is 210 g/mol. The lowest BCUT2D eigenvalue weighted by Gasteiger charge is -2.00. The van der Waals surface area contributed by atoms with Crippen LogP contribution in [-0.2, 0) is 10.0 Å². The fourth-order valence-corrected chi connectivity index (χ4v) is 1.88. The molecule has 0 unspecified atom stereocenters. The molecule has 1 rings (SSSR count). The Labute approximate surface area is 81.0 Å². The van der Waals surface area contributed by atoms with Gasteiger partial charge in [-0.2, -0.15) is 0 Å². The Morgan fingerprint density at radius 3 is 2.92 bits per heavy atom. The number of nitrogens with zero attached hydrogens (tertiary/aromatic N) is 1. The largest absolute Gasteiger partial charge is 0.361 e. The third-order valence-corrected chi connectivity index (χ3v) is 2.90. The second-order valence-electron chi connectivity index (χ2n) is 2.48. The van der Waals surface area contributed by atoms with Crippen molar-refractivity contribution in [3.05, 3.63) is 11.6 Å². The lowest BCUT2D eigenvalue weighted by atomic mass is 10.5. The number of hydrogen-bond donors (Lipinski definition) is 2. The van der Waals surface area contributed by atoms with Gasteiger partial charge >= 0.3 is 0 Å². The van der Waals surface area contributed by atoms with Crippen LogP contribution < -0.4 is 10.5 Å². The van der Waals surface area contributed by atoms with Crippen molar-refractivity contribution >= 4 is 26.5 Å². The Kier molecular flexibility index (Phi) is 3.64. The summed E-state index contributed by atoms with van der Waals surface area (Å²) in [4.78, 5) is 3.98. The van der Waals surface area contributed by atoms with E-state index in [4.69, 9.17) is 5.14 Å². The zero-order chi connectivity index (χ0) is 9.73. The van der Waals surface area contributed by atoms with Gasteiger partial charge in [0, 0.05) is 18.1 Å². The summed E-state index contributed by atoms with van der Waals surface area (Å²) < 4.78 is 21.1. The van der Waals surface area contributed by atoms with Crippen molar-refractivity contribution in [2.75, 3.05) is 17.6 Å². The first kappa shape index (κ1) is 10.4. The Hall–Kier alpha value is -0.660. The summed E-state index contributed by atoms with van der Waals surface area (Å²) >= 11 is 1.48. The maximum Gasteiger partial charge on any atom is 0.209 e. The average molecular weight is 221 g/mol. The topological polar surface area (TPSA) is 85.1 Å². The molecule has 0 saturated carbocycles. The first-order valence-corrected chi connectivity index (χ1v) is 6.31. The highest BCUT2D eigenvalue weighted by Gasteiger charge is 2.01. The van der Waals surface area contributed by atoms with E-state index in [1.807, 2.05) is 5.38 Å².